The summed E-state index contributed by atoms with van der Waals surface area (Å²) < 4.78 is 31.8. The summed E-state index contributed by atoms with van der Waals surface area (Å²) in [5, 5.41) is 132. The van der Waals surface area contributed by atoms with Crippen LogP contribution in [-0.4, -0.2) is 278 Å². The van der Waals surface area contributed by atoms with Gasteiger partial charge in [-0.05, 0) is 117 Å². The van der Waals surface area contributed by atoms with E-state index in [-0.39, 0.29) is 121 Å². The van der Waals surface area contributed by atoms with Gasteiger partial charge in [0.15, 0.2) is 23.1 Å². The Morgan fingerprint density at radius 1 is 0.368 bits per heavy atom. The predicted octanol–water partition coefficient (Wildman–Crippen LogP) is 6.96. The molecule has 23 atom stereocenters. The Hall–Kier alpha value is -5.98. The monoisotopic (exact) mass is 1780 g/mol. The number of allylic oxidation sites excluding steroid dienone is 4. The number of ether oxygens (including phenoxy) is 6. The Kier molecular flexibility index (Phi) is 51.5. The maximum Gasteiger partial charge on any atom is 0.309 e. The maximum atomic E-state index is 13.0. The molecule has 6 aliphatic rings. The van der Waals surface area contributed by atoms with Gasteiger partial charge in [-0.15, -0.1) is 0 Å². The molecule has 0 radical (unpaired) electrons. The highest BCUT2D eigenvalue weighted by Gasteiger charge is 2.44. The first kappa shape index (κ1) is 115. The first-order chi connectivity index (χ1) is 57.8. The van der Waals surface area contributed by atoms with E-state index < -0.39 is 151 Å². The summed E-state index contributed by atoms with van der Waals surface area (Å²) in [4.78, 5) is 125. The lowest BCUT2D eigenvalue weighted by Gasteiger charge is -2.29. The lowest BCUT2D eigenvalue weighted by Crippen LogP contribution is -2.49. The van der Waals surface area contributed by atoms with Crippen molar-refractivity contribution in [3.05, 3.63) is 48.1 Å². The van der Waals surface area contributed by atoms with Gasteiger partial charge in [-0.3, -0.25) is 47.9 Å². The highest BCUT2D eigenvalue weighted by Crippen LogP contribution is 2.33. The summed E-state index contributed by atoms with van der Waals surface area (Å²) in [7, 11) is 4.98. The van der Waals surface area contributed by atoms with Gasteiger partial charge in [-0.1, -0.05) is 191 Å². The van der Waals surface area contributed by atoms with Crippen molar-refractivity contribution in [2.24, 2.45) is 63.1 Å². The van der Waals surface area contributed by atoms with Crippen LogP contribution in [0.3, 0.4) is 0 Å². The quantitative estimate of drug-likeness (QED) is 0.0171. The molecule has 125 heavy (non-hydrogen) atoms. The molecule has 6 fully saturated rings. The average molecular weight is 1780 g/mol. The zero-order chi connectivity index (χ0) is 93.9. The number of carbonyl (C=O) groups excluding carboxylic acids is 10. The van der Waals surface area contributed by atoms with Crippen LogP contribution in [0.15, 0.2) is 48.1 Å². The Labute approximate surface area is 742 Å². The van der Waals surface area contributed by atoms with Gasteiger partial charge >= 0.3 is 11.9 Å². The fraction of sp³-hybridized carbons (Fsp3) is 0.809. The third-order valence-corrected chi connectivity index (χ3v) is 23.4. The molecule has 3 saturated carbocycles. The molecular weight excluding hydrogens is 1620 g/mol. The second-order valence-corrected chi connectivity index (χ2v) is 39.3. The Bertz CT molecular complexity index is 3410. The molecule has 6 rings (SSSR count). The molecule has 3 saturated heterocycles. The molecule has 31 nitrogen and oxygen atoms in total. The zero-order valence-electron chi connectivity index (χ0n) is 77.2. The Morgan fingerprint density at radius 2 is 0.656 bits per heavy atom. The third kappa shape index (κ3) is 41.8. The minimum atomic E-state index is -1.68. The third-order valence-electron chi connectivity index (χ3n) is 23.4. The van der Waals surface area contributed by atoms with Gasteiger partial charge in [-0.25, -0.2) is 0 Å². The van der Waals surface area contributed by atoms with Crippen LogP contribution in [0.5, 0.6) is 0 Å². The minimum Gasteiger partial charge on any atom is -0.460 e. The molecule has 0 unspecified atom stereocenters. The van der Waals surface area contributed by atoms with Crippen molar-refractivity contribution in [3.8, 4) is 0 Å². The van der Waals surface area contributed by atoms with Gasteiger partial charge in [-0.2, -0.15) is 0 Å². The average Bonchev–Trinajstić information content (AvgIpc) is 1.81. The van der Waals surface area contributed by atoms with E-state index in [4.69, 9.17) is 28.4 Å². The number of esters is 2. The number of carbonyl (C=O) groups is 10. The van der Waals surface area contributed by atoms with Crippen molar-refractivity contribution in [1.82, 2.24) is 16.0 Å². The van der Waals surface area contributed by atoms with Crippen LogP contribution >= 0.6 is 0 Å². The number of aliphatic hydroxyl groups excluding tert-OH is 12. The number of ketones is 5. The van der Waals surface area contributed by atoms with E-state index in [1.165, 1.54) is 46.7 Å². The SMILES string of the molecule is C.CO[C@@H](C(=O)C[C@H]1CCCCCC1=O)[C@H](O)[C@@H](O)[C@H](O)/C=C/C(C)(C)C.CO[C@@H](C(=O)C[C@H]1CC[C@@H](C)CNC1=O)[C@H](O)[C@@H](O)[C@H](O)/C=C/C(C)(C)C.CO[C@@H](C(=O)C[C@H]1CC[C@@H](OC(=O)C2CCCCC2)CNC1=O)[C@H](O)[C@@H](O)[C@H](O)/C(C)=C/C(C)(C)C.CO[C@@H](C(=O)C[C@H]1CC[C@@H](OC(=O)C2CCCCC2)CNC1=O)[C@H](O)[C@@H](O)[C@H](O)/C=C/C(C)(C)C. The first-order valence-electron chi connectivity index (χ1n) is 44.7. The number of amides is 3. The number of aliphatic hydroxyl groups is 12. The van der Waals surface area contributed by atoms with E-state index in [1.54, 1.807) is 31.2 Å². The van der Waals surface area contributed by atoms with Crippen molar-refractivity contribution >= 4 is 58.6 Å². The number of methoxy groups -OCH3 is 4. The van der Waals surface area contributed by atoms with Crippen molar-refractivity contribution in [2.45, 2.75) is 375 Å². The summed E-state index contributed by atoms with van der Waals surface area (Å²) >= 11 is 0. The van der Waals surface area contributed by atoms with Gasteiger partial charge in [0.25, 0.3) is 0 Å². The van der Waals surface area contributed by atoms with Crippen molar-refractivity contribution in [1.29, 1.82) is 0 Å². The molecule has 3 amide bonds. The first-order valence-corrected chi connectivity index (χ1v) is 44.7. The number of rotatable bonds is 36. The van der Waals surface area contributed by atoms with Gasteiger partial charge in [0.1, 0.15) is 116 Å². The highest BCUT2D eigenvalue weighted by atomic mass is 16.6. The summed E-state index contributed by atoms with van der Waals surface area (Å²) in [5.41, 5.74) is -0.416. The number of hydrogen-bond donors (Lipinski definition) is 15. The van der Waals surface area contributed by atoms with Crippen LogP contribution in [-0.2, 0) is 76.4 Å². The van der Waals surface area contributed by atoms with Crippen LogP contribution in [0.4, 0.5) is 0 Å². The lowest BCUT2D eigenvalue weighted by molar-refractivity contribution is -0.156. The van der Waals surface area contributed by atoms with Crippen molar-refractivity contribution < 1.29 is 138 Å². The molecule has 3 aliphatic carbocycles. The molecular formula is C94H161N3O28. The van der Waals surface area contributed by atoms with Crippen LogP contribution < -0.4 is 16.0 Å². The largest absolute Gasteiger partial charge is 0.460 e. The molecule has 0 aromatic heterocycles. The fourth-order valence-electron chi connectivity index (χ4n) is 15.9. The summed E-state index contributed by atoms with van der Waals surface area (Å²) in [6, 6.07) is 0. The Balaban J connectivity index is 0.000000569. The molecule has 15 N–H and O–H groups in total. The number of nitrogens with one attached hydrogen (secondary N) is 3. The van der Waals surface area contributed by atoms with Gasteiger partial charge in [0, 0.05) is 90.8 Å². The van der Waals surface area contributed by atoms with E-state index in [0.717, 1.165) is 89.9 Å². The van der Waals surface area contributed by atoms with Crippen LogP contribution in [0.25, 0.3) is 0 Å². The minimum absolute atomic E-state index is 0. The molecule has 3 aliphatic heterocycles. The molecule has 0 bridgehead atoms. The molecule has 0 spiro atoms. The lowest BCUT2D eigenvalue weighted by atomic mass is 9.87. The second-order valence-electron chi connectivity index (χ2n) is 39.3. The molecule has 720 valence electrons. The van der Waals surface area contributed by atoms with Crippen LogP contribution in [0.1, 0.15) is 265 Å². The van der Waals surface area contributed by atoms with E-state index in [1.807, 2.05) is 90.0 Å². The topological polar surface area (TPSA) is 505 Å². The number of hydrogen-bond acceptors (Lipinski definition) is 28. The molecule has 31 heteroatoms. The summed E-state index contributed by atoms with van der Waals surface area (Å²) in [6.07, 6.45) is 2.47. The standard InChI is InChI=1S/C27H45NO8.C26H43NO8.C20H35NO6.C20H34O6.CH4/c1-16(14-27(2,3)4)21(30)22(31)23(32)24(35-5)20(29)13-18-11-12-19(15-28-25(18)33)36-26(34)17-9-7-6-8-10-17;1-26(2,3)13-12-19(28)21(30)22(31)23(34-4)20(29)14-17-10-11-18(15-27-24(17)32)35-25(33)16-8-6-5-7-9-16;1-12-6-7-13(19(26)21-11-12)10-15(23)18(27-5)17(25)16(24)14(22)8-9-20(2,3)4;1-20(2,3)11-10-15(22)17(24)18(25)19(26-4)16(23)12-13-8-6-5-7-9-14(13)21;/h14,17-19,21-24,30-32H,6-13,15H2,1-5H3,(H,28,33);12-13,16-19,21-23,28,30-31H,5-11,14-15H2,1-4H3,(H,27,32);8-9,12-14,16-18,22,24-25H,6-7,10-11H2,1-5H3,(H,21,26);10-11,13,15,17-19,22,24-25H,5-9,12H2,1-4H3;1H4/b16-14+;13-12+;9-8+;11-10+;/t18-,19-,21-,22+,23-,24+;17-,18-,19-,21+,22-,23+;12-,13-,14-,16+,17-,18+;13-,15-,17+,18-,19+;/m1111./s1. The normalized spacial score (nSPS) is 25.3. The predicted molar refractivity (Wildman–Crippen MR) is 470 cm³/mol. The molecule has 0 aromatic carbocycles. The van der Waals surface area contributed by atoms with Gasteiger partial charge in [0.05, 0.1) is 24.9 Å². The van der Waals surface area contributed by atoms with Crippen LogP contribution in [0.2, 0.25) is 0 Å². The Morgan fingerprint density at radius 3 is 0.968 bits per heavy atom. The van der Waals surface area contributed by atoms with E-state index in [9.17, 15) is 109 Å². The molecule has 3 heterocycles. The van der Waals surface area contributed by atoms with Crippen molar-refractivity contribution in [2.75, 3.05) is 48.1 Å². The zero-order valence-corrected chi connectivity index (χ0v) is 77.2. The fourth-order valence-corrected chi connectivity index (χ4v) is 15.9. The summed E-state index contributed by atoms with van der Waals surface area (Å²) in [5.74, 6) is -5.15. The number of Topliss-reactive ketones (excluding diaryl/α,β-unsaturated/α-hetero) is 5. The highest BCUT2D eigenvalue weighted by molar-refractivity contribution is 5.92. The van der Waals surface area contributed by atoms with Crippen molar-refractivity contribution in [3.63, 3.8) is 0 Å². The van der Waals surface area contributed by atoms with E-state index in [0.29, 0.717) is 63.0 Å². The van der Waals surface area contributed by atoms with E-state index >= 15 is 0 Å². The smallest absolute Gasteiger partial charge is 0.309 e. The van der Waals surface area contributed by atoms with Crippen LogP contribution in [0, 0.1) is 63.1 Å². The second kappa shape index (κ2) is 55.9. The maximum absolute atomic E-state index is 13.0. The van der Waals surface area contributed by atoms with E-state index in [2.05, 4.69) is 16.0 Å². The van der Waals surface area contributed by atoms with Gasteiger partial charge < -0.3 is 106 Å². The van der Waals surface area contributed by atoms with Gasteiger partial charge in [0.2, 0.25) is 17.7 Å². The molecule has 0 aromatic rings. The summed E-state index contributed by atoms with van der Waals surface area (Å²) in [6.45, 7) is 27.8.